The molecule has 2 atom stereocenters. The van der Waals surface area contributed by atoms with Crippen LogP contribution >= 0.6 is 11.3 Å². The summed E-state index contributed by atoms with van der Waals surface area (Å²) in [7, 11) is 6.26. The molecular weight excluding hydrogens is 496 g/mol. The second-order valence-electron chi connectivity index (χ2n) is 8.82. The maximum atomic E-state index is 13.1. The minimum atomic E-state index is -0.681. The molecule has 4 aromatic rings. The summed E-state index contributed by atoms with van der Waals surface area (Å²) in [6, 6.07) is 11.9. The van der Waals surface area contributed by atoms with Gasteiger partial charge >= 0.3 is 6.03 Å². The zero-order valence-electron chi connectivity index (χ0n) is 20.4. The van der Waals surface area contributed by atoms with Crippen molar-refractivity contribution in [3.05, 3.63) is 62.9 Å². The number of carbonyl (C=O) groups excluding carboxylic acids is 2. The molecule has 0 radical (unpaired) electrons. The van der Waals surface area contributed by atoms with Crippen molar-refractivity contribution < 1.29 is 19.1 Å². The lowest BCUT2D eigenvalue weighted by molar-refractivity contribution is -0.135. The molecule has 0 aliphatic carbocycles. The van der Waals surface area contributed by atoms with Crippen molar-refractivity contribution >= 4 is 51.4 Å². The maximum Gasteiger partial charge on any atom is 0.328 e. The number of urea groups is 1. The fourth-order valence-electron chi connectivity index (χ4n) is 4.65. The van der Waals surface area contributed by atoms with Crippen LogP contribution in [0.3, 0.4) is 0 Å². The van der Waals surface area contributed by atoms with E-state index in [1.807, 2.05) is 24.3 Å². The highest BCUT2D eigenvalue weighted by molar-refractivity contribution is 7.15. The lowest BCUT2D eigenvalue weighted by atomic mass is 10.1. The van der Waals surface area contributed by atoms with Crippen molar-refractivity contribution in [2.75, 3.05) is 28.3 Å². The van der Waals surface area contributed by atoms with Gasteiger partial charge in [-0.05, 0) is 35.9 Å². The Morgan fingerprint density at radius 3 is 2.57 bits per heavy atom. The zero-order chi connectivity index (χ0) is 26.0. The van der Waals surface area contributed by atoms with Gasteiger partial charge < -0.3 is 19.3 Å². The Kier molecular flexibility index (Phi) is 5.16. The Morgan fingerprint density at radius 1 is 1.00 bits per heavy atom. The number of benzene rings is 2. The number of methoxy groups -OCH3 is 1. The number of likely N-dealkylation sites (N-methyl/N-ethyl adjacent to an activating group) is 3. The minimum Gasteiger partial charge on any atom is -0.493 e. The van der Waals surface area contributed by atoms with E-state index in [0.29, 0.717) is 21.0 Å². The highest BCUT2D eigenvalue weighted by atomic mass is 32.1. The first kappa shape index (κ1) is 23.0. The zero-order valence-corrected chi connectivity index (χ0v) is 21.2. The molecule has 2 aromatic heterocycles. The van der Waals surface area contributed by atoms with Crippen LogP contribution in [0.5, 0.6) is 11.5 Å². The van der Waals surface area contributed by atoms with Crippen LogP contribution in [0.2, 0.25) is 0 Å². The van der Waals surface area contributed by atoms with E-state index in [4.69, 9.17) is 9.47 Å². The molecule has 37 heavy (non-hydrogen) atoms. The molecule has 0 saturated carbocycles. The summed E-state index contributed by atoms with van der Waals surface area (Å²) in [5.74, 6) is 0.457. The lowest BCUT2D eigenvalue weighted by Gasteiger charge is -2.38. The van der Waals surface area contributed by atoms with Crippen molar-refractivity contribution in [3.63, 3.8) is 0 Å². The first-order valence-electron chi connectivity index (χ1n) is 11.4. The minimum absolute atomic E-state index is 0.133. The molecule has 0 unspecified atom stereocenters. The number of rotatable bonds is 3. The predicted octanol–water partition coefficient (Wildman–Crippen LogP) is 1.36. The molecule has 188 valence electrons. The Morgan fingerprint density at radius 2 is 1.78 bits per heavy atom. The van der Waals surface area contributed by atoms with Gasteiger partial charge in [-0.2, -0.15) is 0 Å². The number of amides is 3. The summed E-state index contributed by atoms with van der Waals surface area (Å²) < 4.78 is 13.7. The number of imidazole rings is 1. The van der Waals surface area contributed by atoms with Gasteiger partial charge in [-0.15, -0.1) is 0 Å². The third-order valence-electron chi connectivity index (χ3n) is 6.64. The summed E-state index contributed by atoms with van der Waals surface area (Å²) in [6.07, 6.45) is 1.10. The van der Waals surface area contributed by atoms with E-state index >= 15 is 0 Å². The van der Waals surface area contributed by atoms with E-state index in [0.717, 1.165) is 21.5 Å². The summed E-state index contributed by atoms with van der Waals surface area (Å²) in [4.78, 5) is 51.9. The number of nitrogens with zero attached hydrogens (tertiary/aromatic N) is 6. The van der Waals surface area contributed by atoms with Crippen LogP contribution < -0.4 is 19.6 Å². The van der Waals surface area contributed by atoms with Gasteiger partial charge in [0.2, 0.25) is 0 Å². The topological polar surface area (TPSA) is 109 Å². The molecule has 0 bridgehead atoms. The third kappa shape index (κ3) is 3.44. The average molecular weight is 519 g/mol. The first-order valence-corrected chi connectivity index (χ1v) is 12.2. The number of aliphatic imine (C=N–C) groups is 1. The molecule has 0 N–H and O–H groups in total. The van der Waals surface area contributed by atoms with E-state index in [9.17, 15) is 14.4 Å². The van der Waals surface area contributed by atoms with Crippen LogP contribution in [-0.4, -0.2) is 82.5 Å². The Hall–Kier alpha value is -4.45. The largest absolute Gasteiger partial charge is 0.493 e. The predicted molar refractivity (Wildman–Crippen MR) is 138 cm³/mol. The molecule has 12 heteroatoms. The van der Waals surface area contributed by atoms with Gasteiger partial charge in [0, 0.05) is 21.1 Å². The number of ether oxygens (including phenoxy) is 2. The molecule has 2 aromatic carbocycles. The van der Waals surface area contributed by atoms with Gasteiger partial charge in [-0.3, -0.25) is 14.5 Å². The van der Waals surface area contributed by atoms with Crippen LogP contribution in [0.15, 0.2) is 52.3 Å². The molecule has 4 heterocycles. The molecule has 2 aliphatic rings. The number of carbonyl (C=O) groups is 2. The number of fused-ring (bicyclic) bond motifs is 4. The third-order valence-corrected chi connectivity index (χ3v) is 7.61. The van der Waals surface area contributed by atoms with Crippen molar-refractivity contribution in [1.82, 2.24) is 24.1 Å². The van der Waals surface area contributed by atoms with E-state index in [-0.39, 0.29) is 17.5 Å². The smallest absolute Gasteiger partial charge is 0.328 e. The van der Waals surface area contributed by atoms with Crippen LogP contribution in [0.25, 0.3) is 22.1 Å². The number of thiazole rings is 1. The summed E-state index contributed by atoms with van der Waals surface area (Å²) in [5.41, 5.74) is 2.17. The van der Waals surface area contributed by atoms with Crippen LogP contribution in [0.4, 0.5) is 4.79 Å². The normalized spacial score (nSPS) is 20.3. The van der Waals surface area contributed by atoms with Gasteiger partial charge in [-0.1, -0.05) is 29.5 Å². The standard InChI is InChI=1S/C25H22N6O5S/c1-28-19-20(29(2)25(34)30(3)22(19)33)27-23(28)36-16-10-9-13(11-17(16)35-4)12-18-21(32)31-15-8-6-5-7-14(15)26-24(31)37-18/h5-12,19-20H,1-4H3/b18-12+/t19-,20+/m1/s1. The highest BCUT2D eigenvalue weighted by Gasteiger charge is 2.50. The number of para-hydroxylation sites is 2. The molecule has 6 rings (SSSR count). The van der Waals surface area contributed by atoms with Crippen LogP contribution in [0.1, 0.15) is 5.56 Å². The van der Waals surface area contributed by atoms with Crippen molar-refractivity contribution in [2.45, 2.75) is 12.2 Å². The van der Waals surface area contributed by atoms with Gasteiger partial charge in [-0.25, -0.2) is 19.2 Å². The molecule has 2 aliphatic heterocycles. The van der Waals surface area contributed by atoms with E-state index in [1.54, 1.807) is 47.7 Å². The Labute approximate surface area is 214 Å². The van der Waals surface area contributed by atoms with Gasteiger partial charge in [0.15, 0.2) is 28.7 Å². The first-order chi connectivity index (χ1) is 17.8. The van der Waals surface area contributed by atoms with Gasteiger partial charge in [0.1, 0.15) is 0 Å². The molecule has 11 nitrogen and oxygen atoms in total. The van der Waals surface area contributed by atoms with E-state index < -0.39 is 18.2 Å². The number of hydrogen-bond acceptors (Lipinski definition) is 9. The number of aromatic nitrogens is 2. The molecule has 3 amide bonds. The number of amidine groups is 1. The molecular formula is C25H22N6O5S. The van der Waals surface area contributed by atoms with Gasteiger partial charge in [0.05, 0.1) is 22.7 Å². The van der Waals surface area contributed by atoms with E-state index in [2.05, 4.69) is 9.98 Å². The number of hydrogen-bond donors (Lipinski definition) is 0. The molecule has 0 spiro atoms. The monoisotopic (exact) mass is 518 g/mol. The molecule has 1 fully saturated rings. The SMILES string of the molecule is COc1cc(/C=c2/sc3nc4ccccc4n3c2=O)ccc1OC1=N[C@@H]2[C@H](C(=O)N(C)C(=O)N2C)N1C. The maximum absolute atomic E-state index is 13.1. The van der Waals surface area contributed by atoms with Crippen molar-refractivity contribution in [3.8, 4) is 11.5 Å². The molecule has 1 saturated heterocycles. The summed E-state index contributed by atoms with van der Waals surface area (Å²) in [6.45, 7) is 0. The van der Waals surface area contributed by atoms with Crippen molar-refractivity contribution in [2.24, 2.45) is 4.99 Å². The van der Waals surface area contributed by atoms with Crippen LogP contribution in [-0.2, 0) is 4.79 Å². The lowest BCUT2D eigenvalue weighted by Crippen LogP contribution is -2.63. The fraction of sp³-hybridized carbons (Fsp3) is 0.240. The second-order valence-corrected chi connectivity index (χ2v) is 9.83. The second kappa shape index (κ2) is 8.30. The summed E-state index contributed by atoms with van der Waals surface area (Å²) in [5, 5.41) is 0. The van der Waals surface area contributed by atoms with Crippen molar-refractivity contribution in [1.29, 1.82) is 0 Å². The summed E-state index contributed by atoms with van der Waals surface area (Å²) >= 11 is 1.32. The number of imide groups is 1. The Balaban J connectivity index is 1.32. The Bertz CT molecular complexity index is 1740. The van der Waals surface area contributed by atoms with Crippen LogP contribution in [0, 0.1) is 0 Å². The van der Waals surface area contributed by atoms with E-state index in [1.165, 1.54) is 30.4 Å². The quantitative estimate of drug-likeness (QED) is 0.403. The average Bonchev–Trinajstić information content (AvgIpc) is 3.52. The highest BCUT2D eigenvalue weighted by Crippen LogP contribution is 2.32. The van der Waals surface area contributed by atoms with Gasteiger partial charge in [0.25, 0.3) is 17.5 Å². The fourth-order valence-corrected chi connectivity index (χ4v) is 5.63.